The highest BCUT2D eigenvalue weighted by Gasteiger charge is 2.46. The molecule has 1 amide bonds. The fourth-order valence-electron chi connectivity index (χ4n) is 4.61. The molecule has 0 saturated carbocycles. The number of nitrogens with one attached hydrogen (secondary N) is 3. The highest BCUT2D eigenvalue weighted by molar-refractivity contribution is 6.33. The predicted molar refractivity (Wildman–Crippen MR) is 140 cm³/mol. The minimum Gasteiger partial charge on any atom is -0.416 e. The van der Waals surface area contributed by atoms with E-state index in [2.05, 4.69) is 20.9 Å². The highest BCUT2D eigenvalue weighted by atomic mass is 35.5. The van der Waals surface area contributed by atoms with Gasteiger partial charge in [0.05, 0.1) is 42.3 Å². The number of benzene rings is 2. The number of fused-ring (bicyclic) bond motifs is 2. The lowest BCUT2D eigenvalue weighted by atomic mass is 9.96. The summed E-state index contributed by atoms with van der Waals surface area (Å²) in [5, 5.41) is 9.97. The van der Waals surface area contributed by atoms with E-state index in [0.29, 0.717) is 47.9 Å². The summed E-state index contributed by atoms with van der Waals surface area (Å²) in [5.74, 6) is -2.70. The average molecular weight is 535 g/mol. The lowest BCUT2D eigenvalue weighted by Crippen LogP contribution is -2.43. The van der Waals surface area contributed by atoms with Crippen LogP contribution in [0, 0.1) is 0 Å². The van der Waals surface area contributed by atoms with Crippen LogP contribution in [0.15, 0.2) is 60.8 Å². The summed E-state index contributed by atoms with van der Waals surface area (Å²) in [5.41, 5.74) is 4.36. The van der Waals surface area contributed by atoms with Gasteiger partial charge in [-0.25, -0.2) is 0 Å². The summed E-state index contributed by atoms with van der Waals surface area (Å²) in [4.78, 5) is 41.4. The third kappa shape index (κ3) is 5.64. The molecule has 0 atom stereocenters. The van der Waals surface area contributed by atoms with Gasteiger partial charge in [0.15, 0.2) is 0 Å². The monoisotopic (exact) mass is 534 g/mol. The summed E-state index contributed by atoms with van der Waals surface area (Å²) in [7, 11) is 0. The average Bonchev–Trinajstić information content (AvgIpc) is 3.19. The van der Waals surface area contributed by atoms with Crippen LogP contribution in [0.25, 0.3) is 0 Å². The van der Waals surface area contributed by atoms with Crippen LogP contribution in [0.3, 0.4) is 0 Å². The smallest absolute Gasteiger partial charge is 0.309 e. The van der Waals surface area contributed by atoms with E-state index in [9.17, 15) is 14.4 Å². The number of hydrogen-bond donors (Lipinski definition) is 3. The number of hydrogen-bond acceptors (Lipinski definition) is 8. The van der Waals surface area contributed by atoms with Gasteiger partial charge in [-0.05, 0) is 60.5 Å². The number of pyridine rings is 1. The largest absolute Gasteiger partial charge is 0.416 e. The van der Waals surface area contributed by atoms with E-state index in [0.717, 1.165) is 16.8 Å². The summed E-state index contributed by atoms with van der Waals surface area (Å²) in [6, 6.07) is 16.3. The topological polar surface area (TPSA) is 119 Å². The molecule has 196 valence electrons. The van der Waals surface area contributed by atoms with E-state index in [4.69, 9.17) is 21.1 Å². The van der Waals surface area contributed by atoms with Crippen molar-refractivity contribution in [2.75, 3.05) is 18.4 Å². The zero-order chi connectivity index (χ0) is 26.5. The first-order valence-electron chi connectivity index (χ1n) is 12.4. The predicted octanol–water partition coefficient (Wildman–Crippen LogP) is 3.46. The Morgan fingerprint density at radius 1 is 0.974 bits per heavy atom. The van der Waals surface area contributed by atoms with Crippen molar-refractivity contribution >= 4 is 35.1 Å². The number of halogens is 1. The van der Waals surface area contributed by atoms with Crippen LogP contribution in [-0.2, 0) is 44.4 Å². The molecule has 3 N–H and O–H groups in total. The van der Waals surface area contributed by atoms with E-state index in [-0.39, 0.29) is 25.3 Å². The van der Waals surface area contributed by atoms with Crippen LogP contribution < -0.4 is 16.0 Å². The molecule has 2 aliphatic rings. The summed E-state index contributed by atoms with van der Waals surface area (Å²) in [6.07, 6.45) is 2.23. The number of esters is 2. The Hall–Kier alpha value is -3.95. The minimum absolute atomic E-state index is 0.0220. The molecule has 0 aliphatic carbocycles. The van der Waals surface area contributed by atoms with Crippen LogP contribution in [-0.4, -0.2) is 35.9 Å². The molecule has 10 heteroatoms. The third-order valence-corrected chi connectivity index (χ3v) is 6.83. The number of anilines is 1. The van der Waals surface area contributed by atoms with Crippen LogP contribution in [0.2, 0.25) is 5.02 Å². The molecule has 3 heterocycles. The molecule has 0 bridgehead atoms. The molecule has 1 aromatic heterocycles. The van der Waals surface area contributed by atoms with Crippen molar-refractivity contribution in [2.24, 2.45) is 0 Å². The van der Waals surface area contributed by atoms with E-state index in [1.54, 1.807) is 30.5 Å². The first-order chi connectivity index (χ1) is 18.4. The molecule has 1 spiro atoms. The molecule has 38 heavy (non-hydrogen) atoms. The SMILES string of the molecule is O=C1CCC(=O)OC2(CNCCc3c2ccc(Cl)c3NCc2ccc(C(=O)NCc3ccccn3)cc2)O1. The zero-order valence-corrected chi connectivity index (χ0v) is 21.3. The molecule has 5 rings (SSSR count). The Morgan fingerprint density at radius 3 is 2.45 bits per heavy atom. The number of ether oxygens (including phenoxy) is 2. The van der Waals surface area contributed by atoms with E-state index >= 15 is 0 Å². The Bertz CT molecular complexity index is 1330. The van der Waals surface area contributed by atoms with Crippen molar-refractivity contribution in [3.63, 3.8) is 0 Å². The number of aromatic nitrogens is 1. The minimum atomic E-state index is -1.54. The Balaban J connectivity index is 1.32. The maximum atomic E-state index is 12.5. The Morgan fingerprint density at radius 2 is 1.74 bits per heavy atom. The van der Waals surface area contributed by atoms with Crippen LogP contribution in [0.4, 0.5) is 5.69 Å². The van der Waals surface area contributed by atoms with Gasteiger partial charge < -0.3 is 25.4 Å². The van der Waals surface area contributed by atoms with Gasteiger partial charge in [-0.1, -0.05) is 29.8 Å². The van der Waals surface area contributed by atoms with Crippen LogP contribution >= 0.6 is 11.6 Å². The molecular formula is C28H27ClN4O5. The molecular weight excluding hydrogens is 508 g/mol. The van der Waals surface area contributed by atoms with E-state index in [1.807, 2.05) is 30.3 Å². The molecule has 1 fully saturated rings. The fraction of sp³-hybridized carbons (Fsp3) is 0.286. The lowest BCUT2D eigenvalue weighted by molar-refractivity contribution is -0.225. The first-order valence-corrected chi connectivity index (χ1v) is 12.8. The highest BCUT2D eigenvalue weighted by Crippen LogP contribution is 2.40. The van der Waals surface area contributed by atoms with Gasteiger partial charge >= 0.3 is 11.9 Å². The van der Waals surface area contributed by atoms with E-state index < -0.39 is 17.7 Å². The first kappa shape index (κ1) is 25.7. The van der Waals surface area contributed by atoms with Crippen LogP contribution in [0.1, 0.15) is 45.6 Å². The number of nitrogens with zero attached hydrogens (tertiary/aromatic N) is 1. The van der Waals surface area contributed by atoms with Crippen molar-refractivity contribution in [3.8, 4) is 0 Å². The molecule has 0 radical (unpaired) electrons. The maximum Gasteiger partial charge on any atom is 0.309 e. The number of carbonyl (C=O) groups is 3. The van der Waals surface area contributed by atoms with Crippen LogP contribution in [0.5, 0.6) is 0 Å². The summed E-state index contributed by atoms with van der Waals surface area (Å²) in [6.45, 7) is 1.52. The second kappa shape index (κ2) is 11.2. The van der Waals surface area contributed by atoms with Gasteiger partial charge in [-0.15, -0.1) is 0 Å². The molecule has 3 aromatic rings. The molecule has 9 nitrogen and oxygen atoms in total. The number of rotatable bonds is 6. The summed E-state index contributed by atoms with van der Waals surface area (Å²) < 4.78 is 11.4. The van der Waals surface area contributed by atoms with Crippen molar-refractivity contribution in [2.45, 2.75) is 38.1 Å². The van der Waals surface area contributed by atoms with Gasteiger partial charge in [0.1, 0.15) is 0 Å². The second-order valence-electron chi connectivity index (χ2n) is 9.13. The Labute approximate surface area is 224 Å². The second-order valence-corrected chi connectivity index (χ2v) is 9.54. The normalized spacial score (nSPS) is 16.4. The standard InChI is InChI=1S/C28H27ClN4O5/c29-23-9-8-22-21(12-14-30-17-28(22)37-24(34)10-11-25(35)38-28)26(23)32-15-18-4-6-19(7-5-18)27(36)33-16-20-3-1-2-13-31-20/h1-9,13,30,32H,10-12,14-17H2,(H,33,36). The van der Waals surface area contributed by atoms with E-state index in [1.165, 1.54) is 0 Å². The lowest BCUT2D eigenvalue weighted by Gasteiger charge is -2.32. The van der Waals surface area contributed by atoms with Gasteiger partial charge in [-0.3, -0.25) is 19.4 Å². The number of amides is 1. The molecule has 0 unspecified atom stereocenters. The number of carbonyl (C=O) groups excluding carboxylic acids is 3. The van der Waals surface area contributed by atoms with Gasteiger partial charge in [0.2, 0.25) is 0 Å². The van der Waals surface area contributed by atoms with Gasteiger partial charge in [0.25, 0.3) is 11.7 Å². The Kier molecular flexibility index (Phi) is 7.57. The van der Waals surface area contributed by atoms with Gasteiger partial charge in [-0.2, -0.15) is 0 Å². The summed E-state index contributed by atoms with van der Waals surface area (Å²) >= 11 is 6.59. The van der Waals surface area contributed by atoms with Crippen molar-refractivity contribution in [3.05, 3.63) is 93.8 Å². The van der Waals surface area contributed by atoms with Crippen molar-refractivity contribution in [1.29, 1.82) is 0 Å². The maximum absolute atomic E-state index is 12.5. The molecule has 2 aliphatic heterocycles. The third-order valence-electron chi connectivity index (χ3n) is 6.51. The fourth-order valence-corrected chi connectivity index (χ4v) is 4.85. The van der Waals surface area contributed by atoms with Crippen molar-refractivity contribution < 1.29 is 23.9 Å². The zero-order valence-electron chi connectivity index (χ0n) is 20.6. The quantitative estimate of drug-likeness (QED) is 0.411. The molecule has 1 saturated heterocycles. The van der Waals surface area contributed by atoms with Crippen molar-refractivity contribution in [1.82, 2.24) is 15.6 Å². The van der Waals surface area contributed by atoms with Gasteiger partial charge in [0, 0.05) is 23.9 Å². The molecule has 2 aromatic carbocycles.